The van der Waals surface area contributed by atoms with E-state index in [1.165, 1.54) is 0 Å². The minimum absolute atomic E-state index is 0.150. The molecule has 1 aliphatic rings. The molecule has 0 saturated carbocycles. The van der Waals surface area contributed by atoms with Gasteiger partial charge in [-0.3, -0.25) is 0 Å². The molecule has 0 aliphatic carbocycles. The van der Waals surface area contributed by atoms with Crippen molar-refractivity contribution in [3.8, 4) is 23.0 Å². The summed E-state index contributed by atoms with van der Waals surface area (Å²) >= 11 is 0. The highest BCUT2D eigenvalue weighted by molar-refractivity contribution is 5.86. The van der Waals surface area contributed by atoms with E-state index in [0.29, 0.717) is 22.8 Å². The SMILES string of the molecule is Cc1nc(-c2ccc3c(c2)OCO3)oc1C(=O)O. The zero-order valence-corrected chi connectivity index (χ0v) is 9.47. The maximum absolute atomic E-state index is 10.9. The fraction of sp³-hybridized carbons (Fsp3) is 0.167. The third-order valence-corrected chi connectivity index (χ3v) is 2.61. The van der Waals surface area contributed by atoms with Gasteiger partial charge in [-0.15, -0.1) is 0 Å². The highest BCUT2D eigenvalue weighted by Crippen LogP contribution is 2.35. The van der Waals surface area contributed by atoms with Crippen molar-refractivity contribution in [3.05, 3.63) is 29.7 Å². The Balaban J connectivity index is 2.05. The molecule has 18 heavy (non-hydrogen) atoms. The van der Waals surface area contributed by atoms with Crippen LogP contribution in [0.1, 0.15) is 16.2 Å². The summed E-state index contributed by atoms with van der Waals surface area (Å²) in [5.74, 6) is 0.221. The monoisotopic (exact) mass is 247 g/mol. The molecule has 1 aromatic heterocycles. The van der Waals surface area contributed by atoms with Crippen molar-refractivity contribution in [3.63, 3.8) is 0 Å². The number of oxazole rings is 1. The van der Waals surface area contributed by atoms with E-state index in [1.54, 1.807) is 25.1 Å². The molecule has 0 bridgehead atoms. The van der Waals surface area contributed by atoms with Gasteiger partial charge in [0.1, 0.15) is 0 Å². The topological polar surface area (TPSA) is 81.8 Å². The van der Waals surface area contributed by atoms with Crippen molar-refractivity contribution < 1.29 is 23.8 Å². The van der Waals surface area contributed by atoms with E-state index < -0.39 is 5.97 Å². The molecule has 2 heterocycles. The number of benzene rings is 1. The Labute approximate surface area is 102 Å². The molecule has 0 unspecified atom stereocenters. The normalized spacial score (nSPS) is 12.7. The minimum Gasteiger partial charge on any atom is -0.475 e. The lowest BCUT2D eigenvalue weighted by molar-refractivity contribution is 0.0662. The smallest absolute Gasteiger partial charge is 0.373 e. The summed E-state index contributed by atoms with van der Waals surface area (Å²) in [5, 5.41) is 8.90. The Bertz CT molecular complexity index is 631. The zero-order valence-electron chi connectivity index (χ0n) is 9.47. The lowest BCUT2D eigenvalue weighted by atomic mass is 10.2. The molecule has 1 aromatic carbocycles. The molecule has 0 radical (unpaired) electrons. The van der Waals surface area contributed by atoms with Crippen LogP contribution in [0.4, 0.5) is 0 Å². The number of aromatic nitrogens is 1. The van der Waals surface area contributed by atoms with Crippen molar-refractivity contribution in [2.24, 2.45) is 0 Å². The second-order valence-electron chi connectivity index (χ2n) is 3.81. The van der Waals surface area contributed by atoms with E-state index in [2.05, 4.69) is 4.98 Å². The lowest BCUT2D eigenvalue weighted by Crippen LogP contribution is -1.95. The van der Waals surface area contributed by atoms with Crippen molar-refractivity contribution in [1.29, 1.82) is 0 Å². The lowest BCUT2D eigenvalue weighted by Gasteiger charge is -1.98. The van der Waals surface area contributed by atoms with Crippen LogP contribution in [0, 0.1) is 6.92 Å². The number of hydrogen-bond donors (Lipinski definition) is 1. The molecule has 6 nitrogen and oxygen atoms in total. The van der Waals surface area contributed by atoms with Crippen LogP contribution in [0.15, 0.2) is 22.6 Å². The zero-order chi connectivity index (χ0) is 12.7. The van der Waals surface area contributed by atoms with E-state index in [0.717, 1.165) is 0 Å². The first kappa shape index (κ1) is 10.6. The van der Waals surface area contributed by atoms with Gasteiger partial charge >= 0.3 is 5.97 Å². The number of carboxylic acid groups (broad SMARTS) is 1. The summed E-state index contributed by atoms with van der Waals surface area (Å²) in [7, 11) is 0. The maximum atomic E-state index is 10.9. The van der Waals surface area contributed by atoms with Crippen molar-refractivity contribution in [1.82, 2.24) is 4.98 Å². The summed E-state index contributed by atoms with van der Waals surface area (Å²) in [4.78, 5) is 15.0. The first-order valence-electron chi connectivity index (χ1n) is 5.26. The summed E-state index contributed by atoms with van der Waals surface area (Å²) in [6.45, 7) is 1.77. The highest BCUT2D eigenvalue weighted by atomic mass is 16.7. The molecule has 1 N–H and O–H groups in total. The van der Waals surface area contributed by atoms with E-state index >= 15 is 0 Å². The number of aromatic carboxylic acids is 1. The van der Waals surface area contributed by atoms with Crippen LogP contribution in [0.5, 0.6) is 11.5 Å². The Morgan fingerprint density at radius 2 is 2.11 bits per heavy atom. The van der Waals surface area contributed by atoms with Gasteiger partial charge in [-0.2, -0.15) is 0 Å². The number of ether oxygens (including phenoxy) is 2. The summed E-state index contributed by atoms with van der Waals surface area (Å²) in [6, 6.07) is 5.18. The average Bonchev–Trinajstić information content (AvgIpc) is 2.93. The molecule has 0 saturated heterocycles. The molecule has 6 heteroatoms. The summed E-state index contributed by atoms with van der Waals surface area (Å²) < 4.78 is 15.6. The molecular formula is C12H9NO5. The van der Waals surface area contributed by atoms with Gasteiger partial charge in [0.2, 0.25) is 18.4 Å². The number of rotatable bonds is 2. The van der Waals surface area contributed by atoms with Crippen molar-refractivity contribution >= 4 is 5.97 Å². The predicted octanol–water partition coefficient (Wildman–Crippen LogP) is 2.08. The molecule has 0 amide bonds. The molecule has 1 aliphatic heterocycles. The second kappa shape index (κ2) is 3.76. The van der Waals surface area contributed by atoms with Crippen LogP contribution >= 0.6 is 0 Å². The van der Waals surface area contributed by atoms with Gasteiger partial charge < -0.3 is 19.0 Å². The minimum atomic E-state index is -1.13. The van der Waals surface area contributed by atoms with Crippen molar-refractivity contribution in [2.75, 3.05) is 6.79 Å². The number of hydrogen-bond acceptors (Lipinski definition) is 5. The van der Waals surface area contributed by atoms with Gasteiger partial charge in [0.05, 0.1) is 5.69 Å². The van der Waals surface area contributed by atoms with E-state index in [-0.39, 0.29) is 18.4 Å². The number of carbonyl (C=O) groups is 1. The number of fused-ring (bicyclic) bond motifs is 1. The molecule has 0 atom stereocenters. The van der Waals surface area contributed by atoms with Crippen LogP contribution in [-0.4, -0.2) is 22.9 Å². The highest BCUT2D eigenvalue weighted by Gasteiger charge is 2.19. The van der Waals surface area contributed by atoms with Crippen LogP contribution in [0.25, 0.3) is 11.5 Å². The third kappa shape index (κ3) is 1.58. The van der Waals surface area contributed by atoms with E-state index in [1.807, 2.05) is 0 Å². The summed E-state index contributed by atoms with van der Waals surface area (Å²) in [6.07, 6.45) is 0. The van der Waals surface area contributed by atoms with Gasteiger partial charge in [-0.05, 0) is 25.1 Å². The van der Waals surface area contributed by atoms with Gasteiger partial charge in [-0.1, -0.05) is 0 Å². The second-order valence-corrected chi connectivity index (χ2v) is 3.81. The predicted molar refractivity (Wildman–Crippen MR) is 59.8 cm³/mol. The Morgan fingerprint density at radius 1 is 1.33 bits per heavy atom. The van der Waals surface area contributed by atoms with Crippen LogP contribution in [0.3, 0.4) is 0 Å². The Morgan fingerprint density at radius 3 is 2.83 bits per heavy atom. The fourth-order valence-corrected chi connectivity index (χ4v) is 1.75. The van der Waals surface area contributed by atoms with Gasteiger partial charge in [-0.25, -0.2) is 9.78 Å². The van der Waals surface area contributed by atoms with Crippen LogP contribution < -0.4 is 9.47 Å². The number of nitrogens with zero attached hydrogens (tertiary/aromatic N) is 1. The standard InChI is InChI=1S/C12H9NO5/c1-6-10(12(14)15)18-11(13-6)7-2-3-8-9(4-7)17-5-16-8/h2-4H,5H2,1H3,(H,14,15). The molecule has 2 aromatic rings. The van der Waals surface area contributed by atoms with Crippen molar-refractivity contribution in [2.45, 2.75) is 6.92 Å². The Hall–Kier alpha value is -2.50. The number of aryl methyl sites for hydroxylation is 1. The van der Waals surface area contributed by atoms with Crippen LogP contribution in [0.2, 0.25) is 0 Å². The van der Waals surface area contributed by atoms with Crippen LogP contribution in [-0.2, 0) is 0 Å². The largest absolute Gasteiger partial charge is 0.475 e. The molecule has 3 rings (SSSR count). The Kier molecular flexibility index (Phi) is 2.22. The first-order valence-corrected chi connectivity index (χ1v) is 5.26. The quantitative estimate of drug-likeness (QED) is 0.874. The fourth-order valence-electron chi connectivity index (χ4n) is 1.75. The average molecular weight is 247 g/mol. The molecule has 0 spiro atoms. The maximum Gasteiger partial charge on any atom is 0.373 e. The summed E-state index contributed by atoms with van der Waals surface area (Å²) in [5.41, 5.74) is 0.991. The number of carboxylic acids is 1. The molecule has 0 fully saturated rings. The van der Waals surface area contributed by atoms with Gasteiger partial charge in [0.25, 0.3) is 0 Å². The van der Waals surface area contributed by atoms with E-state index in [9.17, 15) is 4.79 Å². The first-order chi connectivity index (χ1) is 8.65. The van der Waals surface area contributed by atoms with Gasteiger partial charge in [0.15, 0.2) is 11.5 Å². The molecule has 92 valence electrons. The van der Waals surface area contributed by atoms with E-state index in [4.69, 9.17) is 19.0 Å². The third-order valence-electron chi connectivity index (χ3n) is 2.61. The molecular weight excluding hydrogens is 238 g/mol. The van der Waals surface area contributed by atoms with Gasteiger partial charge in [0, 0.05) is 5.56 Å².